The first kappa shape index (κ1) is 14.0. The fourth-order valence-corrected chi connectivity index (χ4v) is 4.00. The van der Waals surface area contributed by atoms with Gasteiger partial charge in [-0.25, -0.2) is 4.39 Å². The zero-order valence-corrected chi connectivity index (χ0v) is 13.2. The van der Waals surface area contributed by atoms with Gasteiger partial charge in [-0.2, -0.15) is 11.8 Å². The molecule has 1 aliphatic rings. The normalized spacial score (nSPS) is 16.8. The Hall–Kier alpha value is -1.00. The van der Waals surface area contributed by atoms with Crippen LogP contribution in [-0.2, 0) is 6.42 Å². The Kier molecular flexibility index (Phi) is 4.32. The quantitative estimate of drug-likeness (QED) is 0.689. The van der Waals surface area contributed by atoms with Crippen molar-refractivity contribution < 1.29 is 9.13 Å². The van der Waals surface area contributed by atoms with Gasteiger partial charge in [-0.1, -0.05) is 34.1 Å². The smallest absolute Gasteiger partial charge is 0.131 e. The van der Waals surface area contributed by atoms with E-state index >= 15 is 0 Å². The molecule has 0 aliphatic carbocycles. The molecule has 0 saturated heterocycles. The summed E-state index contributed by atoms with van der Waals surface area (Å²) in [6, 6.07) is 12.8. The minimum atomic E-state index is -0.206. The molecule has 0 aromatic heterocycles. The third-order valence-corrected chi connectivity index (χ3v) is 5.50. The molecule has 1 atom stereocenters. The molecule has 104 valence electrons. The van der Waals surface area contributed by atoms with Crippen LogP contribution in [0.3, 0.4) is 0 Å². The topological polar surface area (TPSA) is 9.23 Å². The van der Waals surface area contributed by atoms with Gasteiger partial charge in [0.25, 0.3) is 0 Å². The lowest BCUT2D eigenvalue weighted by molar-refractivity contribution is 0.477. The maximum absolute atomic E-state index is 13.6. The number of para-hydroxylation sites is 1. The third kappa shape index (κ3) is 2.86. The Labute approximate surface area is 130 Å². The summed E-state index contributed by atoms with van der Waals surface area (Å²) in [6.07, 6.45) is 0.865. The second kappa shape index (κ2) is 6.19. The van der Waals surface area contributed by atoms with Gasteiger partial charge in [-0.3, -0.25) is 0 Å². The van der Waals surface area contributed by atoms with Gasteiger partial charge in [0.1, 0.15) is 17.3 Å². The molecule has 4 heteroatoms. The van der Waals surface area contributed by atoms with E-state index in [2.05, 4.69) is 22.0 Å². The highest BCUT2D eigenvalue weighted by molar-refractivity contribution is 9.09. The van der Waals surface area contributed by atoms with Gasteiger partial charge in [0, 0.05) is 21.9 Å². The molecular weight excluding hydrogens is 339 g/mol. The van der Waals surface area contributed by atoms with Crippen LogP contribution in [0.25, 0.3) is 0 Å². The molecular formula is C16H14BrFOS. The number of alkyl halides is 1. The Morgan fingerprint density at radius 1 is 1.20 bits per heavy atom. The average molecular weight is 353 g/mol. The second-order valence-corrected chi connectivity index (χ2v) is 6.75. The van der Waals surface area contributed by atoms with Crippen molar-refractivity contribution in [3.05, 3.63) is 59.4 Å². The largest absolute Gasteiger partial charge is 0.457 e. The molecule has 2 aromatic carbocycles. The van der Waals surface area contributed by atoms with Crippen LogP contribution in [-0.4, -0.2) is 11.1 Å². The van der Waals surface area contributed by atoms with Crippen molar-refractivity contribution in [3.63, 3.8) is 0 Å². The van der Waals surface area contributed by atoms with Gasteiger partial charge in [-0.15, -0.1) is 0 Å². The second-order valence-electron chi connectivity index (χ2n) is 4.64. The molecule has 0 amide bonds. The van der Waals surface area contributed by atoms with Crippen molar-refractivity contribution in [2.24, 2.45) is 0 Å². The van der Waals surface area contributed by atoms with Crippen LogP contribution in [0.15, 0.2) is 42.5 Å². The molecule has 2 aromatic rings. The molecule has 20 heavy (non-hydrogen) atoms. The van der Waals surface area contributed by atoms with E-state index < -0.39 is 0 Å². The molecule has 0 fully saturated rings. The van der Waals surface area contributed by atoms with Crippen molar-refractivity contribution in [1.29, 1.82) is 0 Å². The van der Waals surface area contributed by atoms with Crippen LogP contribution >= 0.6 is 27.7 Å². The van der Waals surface area contributed by atoms with Crippen molar-refractivity contribution in [2.45, 2.75) is 11.7 Å². The number of hydrogen-bond donors (Lipinski definition) is 0. The lowest BCUT2D eigenvalue weighted by Gasteiger charge is -2.15. The van der Waals surface area contributed by atoms with Crippen LogP contribution in [0, 0.1) is 5.82 Å². The molecule has 1 heterocycles. The Morgan fingerprint density at radius 2 is 2.05 bits per heavy atom. The molecule has 1 nitrogen and oxygen atoms in total. The lowest BCUT2D eigenvalue weighted by Crippen LogP contribution is -2.00. The SMILES string of the molecule is Fc1ccc2c(c1)[C@@H](SCCBr)Cc1ccccc1O2. The van der Waals surface area contributed by atoms with Gasteiger partial charge in [0.2, 0.25) is 0 Å². The van der Waals surface area contributed by atoms with E-state index in [0.29, 0.717) is 0 Å². The highest BCUT2D eigenvalue weighted by atomic mass is 79.9. The summed E-state index contributed by atoms with van der Waals surface area (Å²) in [5.74, 6) is 2.43. The van der Waals surface area contributed by atoms with Crippen LogP contribution in [0.4, 0.5) is 4.39 Å². The number of rotatable bonds is 3. The van der Waals surface area contributed by atoms with Crippen LogP contribution in [0.5, 0.6) is 11.5 Å². The molecule has 3 rings (SSSR count). The number of thioether (sulfide) groups is 1. The van der Waals surface area contributed by atoms with Crippen molar-refractivity contribution in [1.82, 2.24) is 0 Å². The van der Waals surface area contributed by atoms with Crippen LogP contribution in [0.1, 0.15) is 16.4 Å². The highest BCUT2D eigenvalue weighted by Gasteiger charge is 2.24. The zero-order chi connectivity index (χ0) is 13.9. The third-order valence-electron chi connectivity index (χ3n) is 3.31. The fourth-order valence-electron chi connectivity index (χ4n) is 2.40. The maximum Gasteiger partial charge on any atom is 0.131 e. The van der Waals surface area contributed by atoms with E-state index in [1.165, 1.54) is 11.6 Å². The monoisotopic (exact) mass is 352 g/mol. The first-order chi connectivity index (χ1) is 9.78. The molecule has 0 saturated carbocycles. The molecule has 0 N–H and O–H groups in total. The van der Waals surface area contributed by atoms with E-state index in [9.17, 15) is 4.39 Å². The summed E-state index contributed by atoms with van der Waals surface area (Å²) in [5.41, 5.74) is 2.13. The molecule has 0 radical (unpaired) electrons. The minimum Gasteiger partial charge on any atom is -0.457 e. The first-order valence-corrected chi connectivity index (χ1v) is 8.67. The van der Waals surface area contributed by atoms with E-state index in [1.807, 2.05) is 30.0 Å². The molecule has 0 spiro atoms. The van der Waals surface area contributed by atoms with E-state index in [0.717, 1.165) is 34.6 Å². The van der Waals surface area contributed by atoms with E-state index in [4.69, 9.17) is 4.74 Å². The summed E-state index contributed by atoms with van der Waals surface area (Å²) in [6.45, 7) is 0. The van der Waals surface area contributed by atoms with Crippen molar-refractivity contribution >= 4 is 27.7 Å². The van der Waals surface area contributed by atoms with Gasteiger partial charge < -0.3 is 4.74 Å². The van der Waals surface area contributed by atoms with E-state index in [1.54, 1.807) is 12.1 Å². The first-order valence-electron chi connectivity index (χ1n) is 6.50. The van der Waals surface area contributed by atoms with Gasteiger partial charge in [0.15, 0.2) is 0 Å². The summed E-state index contributed by atoms with van der Waals surface area (Å²) in [7, 11) is 0. The molecule has 0 unspecified atom stereocenters. The average Bonchev–Trinajstić information content (AvgIpc) is 2.61. The van der Waals surface area contributed by atoms with Crippen molar-refractivity contribution in [3.8, 4) is 11.5 Å². The Morgan fingerprint density at radius 3 is 2.90 bits per heavy atom. The standard InChI is InChI=1S/C16H14BrFOS/c17-7-8-20-16-9-11-3-1-2-4-14(11)19-15-6-5-12(18)10-13(15)16/h1-6,10,16H,7-9H2/t16-/m0/s1. The Bertz CT molecular complexity index is 617. The number of fused-ring (bicyclic) bond motifs is 2. The fraction of sp³-hybridized carbons (Fsp3) is 0.250. The number of hydrogen-bond acceptors (Lipinski definition) is 2. The number of ether oxygens (including phenoxy) is 1. The Balaban J connectivity index is 2.04. The zero-order valence-electron chi connectivity index (χ0n) is 10.8. The minimum absolute atomic E-state index is 0.206. The summed E-state index contributed by atoms with van der Waals surface area (Å²) >= 11 is 5.29. The predicted molar refractivity (Wildman–Crippen MR) is 85.6 cm³/mol. The van der Waals surface area contributed by atoms with Crippen molar-refractivity contribution in [2.75, 3.05) is 11.1 Å². The van der Waals surface area contributed by atoms with E-state index in [-0.39, 0.29) is 11.1 Å². The summed E-state index contributed by atoms with van der Waals surface area (Å²) < 4.78 is 19.6. The maximum atomic E-state index is 13.6. The predicted octanol–water partition coefficient (Wildman–Crippen LogP) is 5.34. The number of halogens is 2. The van der Waals surface area contributed by atoms with Crippen LogP contribution in [0.2, 0.25) is 0 Å². The van der Waals surface area contributed by atoms with Gasteiger partial charge in [-0.05, 0) is 36.2 Å². The summed E-state index contributed by atoms with van der Waals surface area (Å²) in [4.78, 5) is 0. The lowest BCUT2D eigenvalue weighted by atomic mass is 10.0. The highest BCUT2D eigenvalue weighted by Crippen LogP contribution is 2.44. The van der Waals surface area contributed by atoms with Crippen LogP contribution < -0.4 is 4.74 Å². The molecule has 0 bridgehead atoms. The van der Waals surface area contributed by atoms with Gasteiger partial charge in [0.05, 0.1) is 0 Å². The number of benzene rings is 2. The molecule has 1 aliphatic heterocycles. The summed E-state index contributed by atoms with van der Waals surface area (Å²) in [5, 5.41) is 1.16. The van der Waals surface area contributed by atoms with Gasteiger partial charge >= 0.3 is 0 Å².